The number of ether oxygens (including phenoxy) is 1. The zero-order chi connectivity index (χ0) is 18.8. The summed E-state index contributed by atoms with van der Waals surface area (Å²) in [5, 5.41) is 7.91. The van der Waals surface area contributed by atoms with Gasteiger partial charge in [0.25, 0.3) is 0 Å². The van der Waals surface area contributed by atoms with Crippen LogP contribution in [0.3, 0.4) is 0 Å². The van der Waals surface area contributed by atoms with Crippen molar-refractivity contribution in [1.82, 2.24) is 15.2 Å². The molecule has 1 amide bonds. The number of hydrogen-bond donors (Lipinski definition) is 0. The minimum absolute atomic E-state index is 0.245. The van der Waals surface area contributed by atoms with Gasteiger partial charge in [-0.2, -0.15) is 5.10 Å². The quantitative estimate of drug-likeness (QED) is 0.830. The first-order valence-corrected chi connectivity index (χ1v) is 8.70. The van der Waals surface area contributed by atoms with E-state index in [9.17, 15) is 9.18 Å². The smallest absolute Gasteiger partial charge is 0.416 e. The van der Waals surface area contributed by atoms with Crippen molar-refractivity contribution in [3.63, 3.8) is 0 Å². The number of pyridine rings is 1. The highest BCUT2D eigenvalue weighted by atomic mass is 19.1. The largest absolute Gasteiger partial charge is 0.443 e. The fraction of sp³-hybridized carbons (Fsp3) is 0.474. The molecule has 0 radical (unpaired) electrons. The maximum Gasteiger partial charge on any atom is 0.416 e. The predicted octanol–water partition coefficient (Wildman–Crippen LogP) is 3.87. The first kappa shape index (κ1) is 18.2. The SMILES string of the molecule is CC(C)(C)OC(=O)N(CC1(c2ncccc2F)CCC1)c1cccnn1. The van der Waals surface area contributed by atoms with Crippen molar-refractivity contribution < 1.29 is 13.9 Å². The summed E-state index contributed by atoms with van der Waals surface area (Å²) in [5.41, 5.74) is -0.802. The Balaban J connectivity index is 1.94. The number of amides is 1. The molecule has 1 saturated carbocycles. The number of rotatable bonds is 4. The third-order valence-electron chi connectivity index (χ3n) is 4.48. The van der Waals surface area contributed by atoms with E-state index in [2.05, 4.69) is 15.2 Å². The summed E-state index contributed by atoms with van der Waals surface area (Å²) in [5.74, 6) is 0.0276. The number of anilines is 1. The lowest BCUT2D eigenvalue weighted by atomic mass is 9.66. The molecular formula is C19H23FN4O2. The molecule has 1 fully saturated rings. The average molecular weight is 358 g/mol. The van der Waals surface area contributed by atoms with E-state index in [1.807, 2.05) is 0 Å². The van der Waals surface area contributed by atoms with E-state index in [1.54, 1.807) is 45.2 Å². The lowest BCUT2D eigenvalue weighted by molar-refractivity contribution is 0.0557. The molecule has 0 spiro atoms. The Morgan fingerprint density at radius 2 is 2.00 bits per heavy atom. The Morgan fingerprint density at radius 3 is 2.54 bits per heavy atom. The molecule has 138 valence electrons. The first-order chi connectivity index (χ1) is 12.3. The molecule has 0 atom stereocenters. The Kier molecular flexibility index (Phi) is 4.89. The van der Waals surface area contributed by atoms with Crippen LogP contribution in [0.4, 0.5) is 15.0 Å². The second-order valence-electron chi connectivity index (χ2n) is 7.62. The highest BCUT2D eigenvalue weighted by Gasteiger charge is 2.45. The van der Waals surface area contributed by atoms with E-state index >= 15 is 0 Å². The minimum Gasteiger partial charge on any atom is -0.443 e. The van der Waals surface area contributed by atoms with Crippen LogP contribution in [0.1, 0.15) is 45.7 Å². The second-order valence-corrected chi connectivity index (χ2v) is 7.62. The molecule has 0 aromatic carbocycles. The third kappa shape index (κ3) is 3.81. The number of carbonyl (C=O) groups excluding carboxylic acids is 1. The normalized spacial score (nSPS) is 15.8. The van der Waals surface area contributed by atoms with Crippen molar-refractivity contribution in [1.29, 1.82) is 0 Å². The third-order valence-corrected chi connectivity index (χ3v) is 4.48. The van der Waals surface area contributed by atoms with Crippen molar-refractivity contribution in [2.24, 2.45) is 0 Å². The molecule has 3 rings (SSSR count). The minimum atomic E-state index is -0.652. The van der Waals surface area contributed by atoms with Crippen LogP contribution in [-0.2, 0) is 10.2 Å². The van der Waals surface area contributed by atoms with Gasteiger partial charge in [0, 0.05) is 24.4 Å². The number of halogens is 1. The van der Waals surface area contributed by atoms with Gasteiger partial charge in [0.05, 0.1) is 5.69 Å². The maximum absolute atomic E-state index is 14.4. The van der Waals surface area contributed by atoms with Crippen molar-refractivity contribution in [3.05, 3.63) is 48.2 Å². The predicted molar refractivity (Wildman–Crippen MR) is 95.3 cm³/mol. The van der Waals surface area contributed by atoms with Crippen molar-refractivity contribution in [2.45, 2.75) is 51.0 Å². The molecule has 0 aliphatic heterocycles. The monoisotopic (exact) mass is 358 g/mol. The molecule has 6 nitrogen and oxygen atoms in total. The van der Waals surface area contributed by atoms with Crippen molar-refractivity contribution in [3.8, 4) is 0 Å². The van der Waals surface area contributed by atoms with Gasteiger partial charge in [-0.05, 0) is 57.9 Å². The molecule has 2 aromatic heterocycles. The van der Waals surface area contributed by atoms with Crippen LogP contribution in [0.25, 0.3) is 0 Å². The summed E-state index contributed by atoms with van der Waals surface area (Å²) in [6.07, 6.45) is 5.05. The molecule has 0 bridgehead atoms. The molecule has 0 saturated heterocycles. The molecule has 26 heavy (non-hydrogen) atoms. The molecule has 7 heteroatoms. The van der Waals surface area contributed by atoms with E-state index in [-0.39, 0.29) is 12.4 Å². The molecule has 2 aromatic rings. The van der Waals surface area contributed by atoms with Crippen molar-refractivity contribution >= 4 is 11.9 Å². The summed E-state index contributed by atoms with van der Waals surface area (Å²) in [6.45, 7) is 5.65. The first-order valence-electron chi connectivity index (χ1n) is 8.70. The van der Waals surface area contributed by atoms with Crippen LogP contribution < -0.4 is 4.90 Å². The molecular weight excluding hydrogens is 335 g/mol. The average Bonchev–Trinajstić information content (AvgIpc) is 2.54. The van der Waals surface area contributed by atoms with Gasteiger partial charge in [0.1, 0.15) is 11.4 Å². The van der Waals surface area contributed by atoms with Crippen LogP contribution in [0.2, 0.25) is 0 Å². The van der Waals surface area contributed by atoms with Gasteiger partial charge in [0.15, 0.2) is 5.82 Å². The van der Waals surface area contributed by atoms with Gasteiger partial charge in [-0.1, -0.05) is 6.42 Å². The van der Waals surface area contributed by atoms with E-state index in [4.69, 9.17) is 4.74 Å². The summed E-state index contributed by atoms with van der Waals surface area (Å²) < 4.78 is 19.9. The zero-order valence-corrected chi connectivity index (χ0v) is 15.3. The molecule has 1 aliphatic rings. The lowest BCUT2D eigenvalue weighted by Crippen LogP contribution is -2.50. The lowest BCUT2D eigenvalue weighted by Gasteiger charge is -2.44. The van der Waals surface area contributed by atoms with Gasteiger partial charge in [-0.25, -0.2) is 9.18 Å². The van der Waals surface area contributed by atoms with Gasteiger partial charge in [-0.3, -0.25) is 9.88 Å². The highest BCUT2D eigenvalue weighted by Crippen LogP contribution is 2.45. The number of hydrogen-bond acceptors (Lipinski definition) is 5. The molecule has 2 heterocycles. The highest BCUT2D eigenvalue weighted by molar-refractivity contribution is 5.86. The summed E-state index contributed by atoms with van der Waals surface area (Å²) in [6, 6.07) is 6.37. The van der Waals surface area contributed by atoms with Gasteiger partial charge in [0.2, 0.25) is 0 Å². The van der Waals surface area contributed by atoms with E-state index in [1.165, 1.54) is 17.2 Å². The Morgan fingerprint density at radius 1 is 1.27 bits per heavy atom. The van der Waals surface area contributed by atoms with Gasteiger partial charge in [-0.15, -0.1) is 5.10 Å². The standard InChI is InChI=1S/C19H23FN4O2/c1-18(2,3)26-17(25)24(15-8-5-12-22-23-15)13-19(9-6-10-19)16-14(20)7-4-11-21-16/h4-5,7-8,11-12H,6,9-10,13H2,1-3H3. The number of carbonyl (C=O) groups is 1. The van der Waals surface area contributed by atoms with Gasteiger partial charge >= 0.3 is 6.09 Å². The second kappa shape index (κ2) is 6.97. The van der Waals surface area contributed by atoms with Crippen LogP contribution in [0.5, 0.6) is 0 Å². The summed E-state index contributed by atoms with van der Waals surface area (Å²) in [7, 11) is 0. The van der Waals surface area contributed by atoms with E-state index in [0.717, 1.165) is 19.3 Å². The topological polar surface area (TPSA) is 68.2 Å². The summed E-state index contributed by atoms with van der Waals surface area (Å²) in [4.78, 5) is 18.5. The van der Waals surface area contributed by atoms with Gasteiger partial charge < -0.3 is 4.74 Å². The molecule has 0 N–H and O–H groups in total. The zero-order valence-electron chi connectivity index (χ0n) is 15.3. The van der Waals surface area contributed by atoms with E-state index in [0.29, 0.717) is 11.5 Å². The number of nitrogens with zero attached hydrogens (tertiary/aromatic N) is 4. The molecule has 1 aliphatic carbocycles. The van der Waals surface area contributed by atoms with Crippen LogP contribution in [-0.4, -0.2) is 33.4 Å². The fourth-order valence-electron chi connectivity index (χ4n) is 3.15. The van der Waals surface area contributed by atoms with Crippen LogP contribution >= 0.6 is 0 Å². The van der Waals surface area contributed by atoms with Crippen molar-refractivity contribution in [2.75, 3.05) is 11.4 Å². The maximum atomic E-state index is 14.4. The van der Waals surface area contributed by atoms with E-state index < -0.39 is 17.1 Å². The number of aromatic nitrogens is 3. The fourth-order valence-corrected chi connectivity index (χ4v) is 3.15. The van der Waals surface area contributed by atoms with Crippen LogP contribution in [0.15, 0.2) is 36.7 Å². The van der Waals surface area contributed by atoms with Crippen LogP contribution in [0, 0.1) is 5.82 Å². The Labute approximate surface area is 152 Å². The Bertz CT molecular complexity index is 773. The summed E-state index contributed by atoms with van der Waals surface area (Å²) >= 11 is 0. The Hall–Kier alpha value is -2.57. The molecule has 0 unspecified atom stereocenters.